The minimum Gasteiger partial charge on any atom is -0.368 e. The Bertz CT molecular complexity index is 600. The zero-order valence-corrected chi connectivity index (χ0v) is 14.4. The van der Waals surface area contributed by atoms with E-state index in [-0.39, 0.29) is 30.0 Å². The molecule has 132 valence electrons. The number of hydrogen-bond donors (Lipinski definition) is 2. The topological polar surface area (TPSA) is 92.5 Å². The molecule has 1 atom stereocenters. The summed E-state index contributed by atoms with van der Waals surface area (Å²) in [5.41, 5.74) is 5.45. The molecule has 0 bridgehead atoms. The predicted molar refractivity (Wildman–Crippen MR) is 88.5 cm³/mol. The molecular formula is C17H24FN3O3. The molecule has 1 aromatic carbocycles. The quantitative estimate of drug-likeness (QED) is 0.785. The predicted octanol–water partition coefficient (Wildman–Crippen LogP) is 1.30. The van der Waals surface area contributed by atoms with Crippen LogP contribution in [0.4, 0.5) is 4.39 Å². The first-order valence-electron chi connectivity index (χ1n) is 7.78. The van der Waals surface area contributed by atoms with Crippen LogP contribution in [0, 0.1) is 11.7 Å². The number of nitrogens with two attached hydrogens (primary N) is 1. The van der Waals surface area contributed by atoms with E-state index >= 15 is 0 Å². The number of primary amides is 1. The first kappa shape index (κ1) is 19.6. The van der Waals surface area contributed by atoms with E-state index < -0.39 is 23.7 Å². The molecule has 1 aromatic rings. The summed E-state index contributed by atoms with van der Waals surface area (Å²) < 4.78 is 12.9. The highest BCUT2D eigenvalue weighted by Crippen LogP contribution is 2.11. The van der Waals surface area contributed by atoms with Gasteiger partial charge < -0.3 is 16.0 Å². The second kappa shape index (κ2) is 8.42. The van der Waals surface area contributed by atoms with E-state index in [0.29, 0.717) is 0 Å². The molecule has 3 amide bonds. The highest BCUT2D eigenvalue weighted by atomic mass is 19.1. The van der Waals surface area contributed by atoms with Crippen molar-refractivity contribution < 1.29 is 18.8 Å². The zero-order chi connectivity index (χ0) is 18.4. The molecule has 0 fully saturated rings. The number of hydrogen-bond acceptors (Lipinski definition) is 3. The Kier molecular flexibility index (Phi) is 6.88. The average Bonchev–Trinajstić information content (AvgIpc) is 2.49. The van der Waals surface area contributed by atoms with E-state index in [1.54, 1.807) is 27.7 Å². The van der Waals surface area contributed by atoms with Gasteiger partial charge in [-0.05, 0) is 44.0 Å². The lowest BCUT2D eigenvalue weighted by Crippen LogP contribution is -2.54. The van der Waals surface area contributed by atoms with Crippen molar-refractivity contribution in [1.29, 1.82) is 0 Å². The van der Waals surface area contributed by atoms with Crippen LogP contribution in [-0.4, -0.2) is 41.2 Å². The third kappa shape index (κ3) is 5.33. The molecule has 1 rings (SSSR count). The van der Waals surface area contributed by atoms with E-state index in [1.165, 1.54) is 29.2 Å². The van der Waals surface area contributed by atoms with Gasteiger partial charge in [-0.2, -0.15) is 0 Å². The average molecular weight is 337 g/mol. The van der Waals surface area contributed by atoms with Gasteiger partial charge in [0.05, 0.1) is 6.54 Å². The second-order valence-corrected chi connectivity index (χ2v) is 6.23. The first-order chi connectivity index (χ1) is 11.1. The Hall–Kier alpha value is -2.44. The third-order valence-corrected chi connectivity index (χ3v) is 3.56. The zero-order valence-electron chi connectivity index (χ0n) is 14.4. The van der Waals surface area contributed by atoms with Gasteiger partial charge in [-0.15, -0.1) is 0 Å². The molecule has 0 aliphatic heterocycles. The summed E-state index contributed by atoms with van der Waals surface area (Å²) in [5, 5.41) is 2.66. The van der Waals surface area contributed by atoms with Crippen LogP contribution < -0.4 is 11.1 Å². The minimum atomic E-state index is -0.815. The molecule has 7 heteroatoms. The summed E-state index contributed by atoms with van der Waals surface area (Å²) in [6.07, 6.45) is 0. The van der Waals surface area contributed by atoms with Crippen molar-refractivity contribution in [3.05, 3.63) is 35.6 Å². The van der Waals surface area contributed by atoms with Gasteiger partial charge in [0.25, 0.3) is 5.91 Å². The molecule has 0 saturated heterocycles. The van der Waals surface area contributed by atoms with Crippen molar-refractivity contribution >= 4 is 17.7 Å². The summed E-state index contributed by atoms with van der Waals surface area (Å²) in [6.45, 7) is 6.89. The number of halogens is 1. The van der Waals surface area contributed by atoms with Crippen molar-refractivity contribution in [3.8, 4) is 0 Å². The van der Waals surface area contributed by atoms with Gasteiger partial charge in [-0.1, -0.05) is 13.8 Å². The van der Waals surface area contributed by atoms with Crippen LogP contribution in [0.3, 0.4) is 0 Å². The van der Waals surface area contributed by atoms with Crippen molar-refractivity contribution in [2.24, 2.45) is 11.7 Å². The van der Waals surface area contributed by atoms with Crippen LogP contribution in [0.15, 0.2) is 24.3 Å². The summed E-state index contributed by atoms with van der Waals surface area (Å²) in [5.74, 6) is -2.13. The fourth-order valence-corrected chi connectivity index (χ4v) is 2.20. The van der Waals surface area contributed by atoms with E-state index in [2.05, 4.69) is 5.32 Å². The summed E-state index contributed by atoms with van der Waals surface area (Å²) in [6, 6.07) is 3.98. The molecule has 0 radical (unpaired) electrons. The highest BCUT2D eigenvalue weighted by molar-refractivity contribution is 5.98. The Morgan fingerprint density at radius 3 is 2.08 bits per heavy atom. The number of carbonyl (C=O) groups excluding carboxylic acids is 3. The molecule has 6 nitrogen and oxygen atoms in total. The monoisotopic (exact) mass is 337 g/mol. The van der Waals surface area contributed by atoms with Crippen molar-refractivity contribution in [2.75, 3.05) is 6.54 Å². The number of nitrogens with one attached hydrogen (secondary N) is 1. The van der Waals surface area contributed by atoms with Crippen molar-refractivity contribution in [2.45, 2.75) is 39.8 Å². The Morgan fingerprint density at radius 2 is 1.67 bits per heavy atom. The molecule has 0 spiro atoms. The van der Waals surface area contributed by atoms with Gasteiger partial charge in [0.15, 0.2) is 0 Å². The summed E-state index contributed by atoms with van der Waals surface area (Å²) in [4.78, 5) is 37.5. The normalized spacial score (nSPS) is 12.1. The van der Waals surface area contributed by atoms with Gasteiger partial charge in [-0.25, -0.2) is 4.39 Å². The number of carbonyl (C=O) groups is 3. The Morgan fingerprint density at radius 1 is 1.12 bits per heavy atom. The van der Waals surface area contributed by atoms with E-state index in [9.17, 15) is 18.8 Å². The molecule has 0 aromatic heterocycles. The number of rotatable bonds is 7. The smallest absolute Gasteiger partial charge is 0.251 e. The maximum atomic E-state index is 12.9. The van der Waals surface area contributed by atoms with Gasteiger partial charge >= 0.3 is 0 Å². The molecule has 24 heavy (non-hydrogen) atoms. The van der Waals surface area contributed by atoms with Gasteiger partial charge in [0.2, 0.25) is 11.8 Å². The van der Waals surface area contributed by atoms with Gasteiger partial charge in [-0.3, -0.25) is 14.4 Å². The van der Waals surface area contributed by atoms with Crippen LogP contribution in [-0.2, 0) is 9.59 Å². The fraction of sp³-hybridized carbons (Fsp3) is 0.471. The summed E-state index contributed by atoms with van der Waals surface area (Å²) in [7, 11) is 0. The van der Waals surface area contributed by atoms with Gasteiger partial charge in [0, 0.05) is 11.6 Å². The fourth-order valence-electron chi connectivity index (χ4n) is 2.20. The molecule has 0 saturated carbocycles. The van der Waals surface area contributed by atoms with Crippen LogP contribution in [0.25, 0.3) is 0 Å². The maximum Gasteiger partial charge on any atom is 0.251 e. The number of nitrogens with zero attached hydrogens (tertiary/aromatic N) is 1. The largest absolute Gasteiger partial charge is 0.368 e. The van der Waals surface area contributed by atoms with Crippen LogP contribution in [0.5, 0.6) is 0 Å². The lowest BCUT2D eigenvalue weighted by atomic mass is 10.0. The SMILES string of the molecule is CC(C)C(NC(=O)c1ccc(F)cc1)C(=O)N(CC(N)=O)C(C)C. The third-order valence-electron chi connectivity index (χ3n) is 3.56. The molecule has 1 unspecified atom stereocenters. The Labute approximate surface area is 141 Å². The maximum absolute atomic E-state index is 12.9. The molecule has 0 aliphatic rings. The number of benzene rings is 1. The minimum absolute atomic E-state index is 0.198. The highest BCUT2D eigenvalue weighted by Gasteiger charge is 2.31. The van der Waals surface area contributed by atoms with Crippen LogP contribution >= 0.6 is 0 Å². The summed E-state index contributed by atoms with van der Waals surface area (Å²) >= 11 is 0. The lowest BCUT2D eigenvalue weighted by Gasteiger charge is -2.31. The lowest BCUT2D eigenvalue weighted by molar-refractivity contribution is -0.139. The van der Waals surface area contributed by atoms with E-state index in [4.69, 9.17) is 5.73 Å². The molecule has 0 aliphatic carbocycles. The second-order valence-electron chi connectivity index (χ2n) is 6.23. The molecular weight excluding hydrogens is 313 g/mol. The number of amides is 3. The van der Waals surface area contributed by atoms with Crippen LogP contribution in [0.1, 0.15) is 38.1 Å². The van der Waals surface area contributed by atoms with Crippen molar-refractivity contribution in [1.82, 2.24) is 10.2 Å². The standard InChI is InChI=1S/C17H24FN3O3/c1-10(2)15(17(24)21(11(3)4)9-14(19)22)20-16(23)12-5-7-13(18)8-6-12/h5-8,10-11,15H,9H2,1-4H3,(H2,19,22)(H,20,23). The van der Waals surface area contributed by atoms with Crippen molar-refractivity contribution in [3.63, 3.8) is 0 Å². The Balaban J connectivity index is 2.96. The van der Waals surface area contributed by atoms with Gasteiger partial charge in [0.1, 0.15) is 11.9 Å². The van der Waals surface area contributed by atoms with E-state index in [1.807, 2.05) is 0 Å². The van der Waals surface area contributed by atoms with Crippen LogP contribution in [0.2, 0.25) is 0 Å². The first-order valence-corrected chi connectivity index (χ1v) is 7.78. The molecule has 0 heterocycles. The van der Waals surface area contributed by atoms with E-state index in [0.717, 1.165) is 0 Å². The molecule has 3 N–H and O–H groups in total.